The fourth-order valence-electron chi connectivity index (χ4n) is 3.22. The van der Waals surface area contributed by atoms with Crippen LogP contribution in [-0.2, 0) is 4.79 Å². The van der Waals surface area contributed by atoms with Crippen LogP contribution in [0.1, 0.15) is 11.1 Å². The molecule has 0 aromatic heterocycles. The number of benzene rings is 2. The number of nitrogens with zero attached hydrogens (tertiary/aromatic N) is 3. The third kappa shape index (κ3) is 5.75. The van der Waals surface area contributed by atoms with Crippen molar-refractivity contribution in [2.24, 2.45) is 0 Å². The van der Waals surface area contributed by atoms with Gasteiger partial charge < -0.3 is 15.1 Å². The molecule has 2 aromatic carbocycles. The largest absolute Gasteiger partial charge is 0.373 e. The summed E-state index contributed by atoms with van der Waals surface area (Å²) in [5, 5.41) is 12.2. The summed E-state index contributed by atoms with van der Waals surface area (Å²) in [6.07, 6.45) is 1.68. The number of carbonyl (C=O) groups is 1. The quantitative estimate of drug-likeness (QED) is 0.516. The molecule has 1 N–H and O–H groups in total. The summed E-state index contributed by atoms with van der Waals surface area (Å²) in [4.78, 5) is 16.8. The number of anilines is 2. The molecule has 1 saturated heterocycles. The van der Waals surface area contributed by atoms with Gasteiger partial charge in [0.05, 0.1) is 0 Å². The molecule has 0 saturated carbocycles. The molecule has 1 aliphatic heterocycles. The Balaban J connectivity index is 0.00000300. The van der Waals surface area contributed by atoms with E-state index in [0.29, 0.717) is 5.69 Å². The van der Waals surface area contributed by atoms with E-state index in [1.165, 1.54) is 16.8 Å². The SMILES string of the molecule is Cc1cccc(N2CCN(/C=C(/C#N)C(=O)Nc3ccc(Br)cc3)CC2)c1C.Cl. The predicted molar refractivity (Wildman–Crippen MR) is 123 cm³/mol. The molecule has 1 fully saturated rings. The Morgan fingerprint density at radius 2 is 1.76 bits per heavy atom. The number of aryl methyl sites for hydroxylation is 1. The Labute approximate surface area is 186 Å². The number of piperazine rings is 1. The van der Waals surface area contributed by atoms with Gasteiger partial charge in [-0.3, -0.25) is 4.79 Å². The molecule has 2 aromatic rings. The number of hydrogen-bond donors (Lipinski definition) is 1. The second kappa shape index (κ2) is 10.3. The molecule has 5 nitrogen and oxygen atoms in total. The van der Waals surface area contributed by atoms with E-state index in [9.17, 15) is 10.1 Å². The van der Waals surface area contributed by atoms with E-state index >= 15 is 0 Å². The predicted octanol–water partition coefficient (Wildman–Crippen LogP) is 4.66. The molecule has 3 rings (SSSR count). The van der Waals surface area contributed by atoms with E-state index in [1.54, 1.807) is 18.3 Å². The van der Waals surface area contributed by atoms with Gasteiger partial charge in [-0.1, -0.05) is 28.1 Å². The van der Waals surface area contributed by atoms with E-state index < -0.39 is 0 Å². The topological polar surface area (TPSA) is 59.4 Å². The van der Waals surface area contributed by atoms with Crippen LogP contribution in [0.2, 0.25) is 0 Å². The van der Waals surface area contributed by atoms with Crippen molar-refractivity contribution in [3.05, 3.63) is 69.8 Å². The third-order valence-corrected chi connectivity index (χ3v) is 5.54. The molecule has 7 heteroatoms. The lowest BCUT2D eigenvalue weighted by Crippen LogP contribution is -2.44. The summed E-state index contributed by atoms with van der Waals surface area (Å²) in [7, 11) is 0. The lowest BCUT2D eigenvalue weighted by atomic mass is 10.1. The Kier molecular flexibility index (Phi) is 8.12. The smallest absolute Gasteiger partial charge is 0.267 e. The Bertz CT molecular complexity index is 929. The summed E-state index contributed by atoms with van der Waals surface area (Å²) in [5.74, 6) is -0.387. The standard InChI is InChI=1S/C22H23BrN4O.ClH/c1-16-4-3-5-21(17(16)2)27-12-10-26(11-13-27)15-18(14-24)22(28)25-20-8-6-19(23)7-9-20;/h3-9,15H,10-13H2,1-2H3,(H,25,28);1H/b18-15-;. The van der Waals surface area contributed by atoms with Crippen LogP contribution >= 0.6 is 28.3 Å². The second-order valence-corrected chi connectivity index (χ2v) is 7.77. The van der Waals surface area contributed by atoms with Crippen LogP contribution < -0.4 is 10.2 Å². The van der Waals surface area contributed by atoms with Crippen LogP contribution in [-0.4, -0.2) is 37.0 Å². The fourth-order valence-corrected chi connectivity index (χ4v) is 3.49. The van der Waals surface area contributed by atoms with Gasteiger partial charge in [-0.25, -0.2) is 0 Å². The van der Waals surface area contributed by atoms with Crippen molar-refractivity contribution in [3.8, 4) is 6.07 Å². The monoisotopic (exact) mass is 474 g/mol. The highest BCUT2D eigenvalue weighted by Gasteiger charge is 2.19. The van der Waals surface area contributed by atoms with Crippen LogP contribution in [0.3, 0.4) is 0 Å². The summed E-state index contributed by atoms with van der Waals surface area (Å²) < 4.78 is 0.934. The van der Waals surface area contributed by atoms with Gasteiger partial charge >= 0.3 is 0 Å². The maximum absolute atomic E-state index is 12.4. The van der Waals surface area contributed by atoms with E-state index in [0.717, 1.165) is 30.7 Å². The highest BCUT2D eigenvalue weighted by Crippen LogP contribution is 2.24. The van der Waals surface area contributed by atoms with Crippen molar-refractivity contribution in [3.63, 3.8) is 0 Å². The maximum Gasteiger partial charge on any atom is 0.267 e. The lowest BCUT2D eigenvalue weighted by molar-refractivity contribution is -0.112. The molecule has 0 atom stereocenters. The molecule has 29 heavy (non-hydrogen) atoms. The molecule has 1 aliphatic rings. The third-order valence-electron chi connectivity index (χ3n) is 5.01. The van der Waals surface area contributed by atoms with Crippen LogP contribution in [0.15, 0.2) is 58.7 Å². The van der Waals surface area contributed by atoms with Crippen molar-refractivity contribution >= 4 is 45.6 Å². The van der Waals surface area contributed by atoms with Crippen LogP contribution in [0.5, 0.6) is 0 Å². The van der Waals surface area contributed by atoms with Gasteiger partial charge in [0.15, 0.2) is 0 Å². The highest BCUT2D eigenvalue weighted by molar-refractivity contribution is 9.10. The summed E-state index contributed by atoms with van der Waals surface area (Å²) in [5.41, 5.74) is 4.63. The van der Waals surface area contributed by atoms with Crippen molar-refractivity contribution in [1.82, 2.24) is 4.90 Å². The zero-order valence-corrected chi connectivity index (χ0v) is 18.9. The fraction of sp³-hybridized carbons (Fsp3) is 0.273. The minimum absolute atomic E-state index is 0. The molecule has 0 radical (unpaired) electrons. The van der Waals surface area contributed by atoms with E-state index in [-0.39, 0.29) is 23.9 Å². The lowest BCUT2D eigenvalue weighted by Gasteiger charge is -2.36. The van der Waals surface area contributed by atoms with Crippen molar-refractivity contribution in [2.45, 2.75) is 13.8 Å². The zero-order chi connectivity index (χ0) is 20.1. The Hall–Kier alpha value is -2.49. The Morgan fingerprint density at radius 3 is 2.38 bits per heavy atom. The van der Waals surface area contributed by atoms with Gasteiger partial charge in [0.25, 0.3) is 5.91 Å². The molecule has 152 valence electrons. The molecule has 0 bridgehead atoms. The molecular formula is C22H24BrClN4O. The van der Waals surface area contributed by atoms with Gasteiger partial charge in [-0.05, 0) is 55.3 Å². The van der Waals surface area contributed by atoms with Crippen LogP contribution in [0.4, 0.5) is 11.4 Å². The van der Waals surface area contributed by atoms with E-state index in [4.69, 9.17) is 0 Å². The van der Waals surface area contributed by atoms with Gasteiger partial charge in [-0.2, -0.15) is 5.26 Å². The first-order chi connectivity index (χ1) is 13.5. The average molecular weight is 476 g/mol. The summed E-state index contributed by atoms with van der Waals surface area (Å²) >= 11 is 3.36. The van der Waals surface area contributed by atoms with E-state index in [2.05, 4.69) is 58.2 Å². The second-order valence-electron chi connectivity index (χ2n) is 6.86. The number of carbonyl (C=O) groups excluding carboxylic acids is 1. The minimum atomic E-state index is -0.387. The van der Waals surface area contributed by atoms with Crippen molar-refractivity contribution in [2.75, 3.05) is 36.4 Å². The highest BCUT2D eigenvalue weighted by atomic mass is 79.9. The van der Waals surface area contributed by atoms with Crippen LogP contribution in [0.25, 0.3) is 0 Å². The molecule has 0 spiro atoms. The van der Waals surface area contributed by atoms with Gasteiger partial charge in [-0.15, -0.1) is 12.4 Å². The molecule has 0 aliphatic carbocycles. The normalized spacial score (nSPS) is 14.1. The molecule has 1 amide bonds. The number of nitriles is 1. The summed E-state index contributed by atoms with van der Waals surface area (Å²) in [6.45, 7) is 7.52. The number of nitrogens with one attached hydrogen (secondary N) is 1. The first-order valence-corrected chi connectivity index (χ1v) is 10.0. The zero-order valence-electron chi connectivity index (χ0n) is 16.5. The Morgan fingerprint density at radius 1 is 1.10 bits per heavy atom. The van der Waals surface area contributed by atoms with Gasteiger partial charge in [0.1, 0.15) is 11.6 Å². The van der Waals surface area contributed by atoms with Crippen LogP contribution in [0, 0.1) is 25.2 Å². The summed E-state index contributed by atoms with van der Waals surface area (Å²) in [6, 6.07) is 15.7. The first-order valence-electron chi connectivity index (χ1n) is 9.22. The van der Waals surface area contributed by atoms with Crippen molar-refractivity contribution < 1.29 is 4.79 Å². The minimum Gasteiger partial charge on any atom is -0.373 e. The van der Waals surface area contributed by atoms with Gasteiger partial charge in [0.2, 0.25) is 0 Å². The molecular weight excluding hydrogens is 452 g/mol. The maximum atomic E-state index is 12.4. The first kappa shape index (κ1) is 22.8. The number of hydrogen-bond acceptors (Lipinski definition) is 4. The number of halogens is 2. The van der Waals surface area contributed by atoms with Crippen molar-refractivity contribution in [1.29, 1.82) is 5.26 Å². The van der Waals surface area contributed by atoms with E-state index in [1.807, 2.05) is 23.1 Å². The number of amides is 1. The average Bonchev–Trinajstić information content (AvgIpc) is 2.70. The molecule has 1 heterocycles. The molecule has 0 unspecified atom stereocenters. The number of rotatable bonds is 4. The van der Waals surface area contributed by atoms with Gasteiger partial charge in [0, 0.05) is 48.2 Å².